The number of hydrogen-bond acceptors (Lipinski definition) is 6. The van der Waals surface area contributed by atoms with E-state index >= 15 is 0 Å². The Kier molecular flexibility index (Phi) is 14.1. The van der Waals surface area contributed by atoms with Gasteiger partial charge in [0.15, 0.2) is 0 Å². The largest absolute Gasteiger partial charge is 0.497 e. The van der Waals surface area contributed by atoms with Crippen LogP contribution in [0.25, 0.3) is 0 Å². The van der Waals surface area contributed by atoms with Gasteiger partial charge in [-0.05, 0) is 60.6 Å². The van der Waals surface area contributed by atoms with Crippen LogP contribution in [0.2, 0.25) is 0 Å². The van der Waals surface area contributed by atoms with Gasteiger partial charge in [0.25, 0.3) is 0 Å². The summed E-state index contributed by atoms with van der Waals surface area (Å²) in [5.41, 5.74) is 0.769. The molecule has 5 atom stereocenters. The highest BCUT2D eigenvalue weighted by molar-refractivity contribution is 5.98. The van der Waals surface area contributed by atoms with Gasteiger partial charge in [0, 0.05) is 6.42 Å². The van der Waals surface area contributed by atoms with Gasteiger partial charge in [-0.1, -0.05) is 67.5 Å². The first-order chi connectivity index (χ1) is 20.6. The highest BCUT2D eigenvalue weighted by Crippen LogP contribution is 2.16. The van der Waals surface area contributed by atoms with Gasteiger partial charge in [-0.2, -0.15) is 0 Å². The molecule has 1 fully saturated rings. The summed E-state index contributed by atoms with van der Waals surface area (Å²) in [4.78, 5) is 68.3. The Labute approximate surface area is 262 Å². The molecule has 11 heteroatoms. The minimum absolute atomic E-state index is 0.0433. The molecule has 11 nitrogen and oxygen atoms in total. The Hall–Kier alpha value is -3.63. The Morgan fingerprint density at radius 2 is 0.909 bits per heavy atom. The Balaban J connectivity index is 2.60. The van der Waals surface area contributed by atoms with Gasteiger partial charge < -0.3 is 31.3 Å². The SMILES string of the molecule is COc1ccc(C[C@@H]2NC(=O)[C@H](CC(C)C)NC(=O)[C@H](C(C)C)NC(=O)[C@H](CC(C)C)NC(=O)[C@H](CC(C)C)NC2=O)cc1. The van der Waals surface area contributed by atoms with Crippen LogP contribution in [-0.4, -0.2) is 66.9 Å². The molecule has 44 heavy (non-hydrogen) atoms. The predicted molar refractivity (Wildman–Crippen MR) is 170 cm³/mol. The third-order valence-corrected chi connectivity index (χ3v) is 7.50. The molecule has 1 aromatic carbocycles. The van der Waals surface area contributed by atoms with E-state index in [9.17, 15) is 24.0 Å². The van der Waals surface area contributed by atoms with Crippen molar-refractivity contribution in [3.63, 3.8) is 0 Å². The van der Waals surface area contributed by atoms with Crippen LogP contribution in [0, 0.1) is 23.7 Å². The fourth-order valence-electron chi connectivity index (χ4n) is 5.18. The average molecular weight is 616 g/mol. The first kappa shape index (κ1) is 36.6. The van der Waals surface area contributed by atoms with Gasteiger partial charge in [0.05, 0.1) is 7.11 Å². The Morgan fingerprint density at radius 3 is 1.30 bits per heavy atom. The van der Waals surface area contributed by atoms with Gasteiger partial charge >= 0.3 is 0 Å². The van der Waals surface area contributed by atoms with E-state index in [0.717, 1.165) is 5.56 Å². The monoisotopic (exact) mass is 615 g/mol. The number of hydrogen-bond donors (Lipinski definition) is 5. The van der Waals surface area contributed by atoms with Crippen LogP contribution < -0.4 is 31.3 Å². The molecule has 0 bridgehead atoms. The molecule has 0 aliphatic carbocycles. The van der Waals surface area contributed by atoms with Crippen molar-refractivity contribution in [1.29, 1.82) is 0 Å². The first-order valence-corrected chi connectivity index (χ1v) is 15.8. The average Bonchev–Trinajstić information content (AvgIpc) is 2.93. The second kappa shape index (κ2) is 17.0. The summed E-state index contributed by atoms with van der Waals surface area (Å²) in [5.74, 6) is -2.06. The fraction of sp³-hybridized carbons (Fsp3) is 0.667. The zero-order valence-electron chi connectivity index (χ0n) is 27.8. The van der Waals surface area contributed by atoms with Crippen molar-refractivity contribution in [2.24, 2.45) is 23.7 Å². The van der Waals surface area contributed by atoms with Crippen molar-refractivity contribution in [3.05, 3.63) is 29.8 Å². The van der Waals surface area contributed by atoms with Crippen molar-refractivity contribution in [2.75, 3.05) is 7.11 Å². The fourth-order valence-corrected chi connectivity index (χ4v) is 5.18. The number of amides is 5. The molecule has 246 valence electrons. The molecule has 0 radical (unpaired) electrons. The molecule has 1 aliphatic rings. The van der Waals surface area contributed by atoms with E-state index in [2.05, 4.69) is 26.6 Å². The van der Waals surface area contributed by atoms with Crippen LogP contribution >= 0.6 is 0 Å². The quantitative estimate of drug-likeness (QED) is 0.273. The van der Waals surface area contributed by atoms with Crippen LogP contribution in [-0.2, 0) is 30.4 Å². The molecule has 1 aliphatic heterocycles. The number of benzene rings is 1. The summed E-state index contributed by atoms with van der Waals surface area (Å²) in [7, 11) is 1.56. The van der Waals surface area contributed by atoms with Crippen molar-refractivity contribution in [2.45, 2.75) is 111 Å². The molecule has 0 aromatic heterocycles. The van der Waals surface area contributed by atoms with Gasteiger partial charge in [-0.15, -0.1) is 0 Å². The maximum Gasteiger partial charge on any atom is 0.243 e. The van der Waals surface area contributed by atoms with Crippen LogP contribution in [0.5, 0.6) is 5.75 Å². The third kappa shape index (κ3) is 11.5. The van der Waals surface area contributed by atoms with E-state index < -0.39 is 59.7 Å². The van der Waals surface area contributed by atoms with Crippen molar-refractivity contribution >= 4 is 29.5 Å². The van der Waals surface area contributed by atoms with Crippen LogP contribution in [0.3, 0.4) is 0 Å². The van der Waals surface area contributed by atoms with Gasteiger partial charge in [-0.25, -0.2) is 0 Å². The molecule has 1 saturated heterocycles. The molecular formula is C33H53N5O6. The first-order valence-electron chi connectivity index (χ1n) is 15.8. The maximum atomic E-state index is 13.8. The maximum absolute atomic E-state index is 13.8. The Bertz CT molecular complexity index is 1130. The molecule has 0 spiro atoms. The van der Waals surface area contributed by atoms with Crippen LogP contribution in [0.1, 0.15) is 80.2 Å². The van der Waals surface area contributed by atoms with E-state index in [-0.39, 0.29) is 30.1 Å². The zero-order valence-corrected chi connectivity index (χ0v) is 27.8. The highest BCUT2D eigenvalue weighted by atomic mass is 16.5. The summed E-state index contributed by atoms with van der Waals surface area (Å²) in [6.45, 7) is 15.2. The highest BCUT2D eigenvalue weighted by Gasteiger charge is 2.36. The smallest absolute Gasteiger partial charge is 0.243 e. The lowest BCUT2D eigenvalue weighted by Gasteiger charge is -2.28. The number of carbonyl (C=O) groups excluding carboxylic acids is 5. The van der Waals surface area contributed by atoms with Gasteiger partial charge in [0.2, 0.25) is 29.5 Å². The molecule has 1 heterocycles. The lowest BCUT2D eigenvalue weighted by Crippen LogP contribution is -2.59. The second-order valence-electron chi connectivity index (χ2n) is 13.4. The van der Waals surface area contributed by atoms with Crippen molar-refractivity contribution < 1.29 is 28.7 Å². The Morgan fingerprint density at radius 1 is 0.545 bits per heavy atom. The minimum atomic E-state index is -1.04. The van der Waals surface area contributed by atoms with Gasteiger partial charge in [-0.3, -0.25) is 24.0 Å². The van der Waals surface area contributed by atoms with Crippen molar-refractivity contribution in [3.8, 4) is 5.75 Å². The summed E-state index contributed by atoms with van der Waals surface area (Å²) in [5, 5.41) is 14.2. The predicted octanol–water partition coefficient (Wildman–Crippen LogP) is 2.47. The molecule has 5 N–H and O–H groups in total. The normalized spacial score (nSPS) is 24.3. The number of nitrogens with one attached hydrogen (secondary N) is 5. The minimum Gasteiger partial charge on any atom is -0.497 e. The number of rotatable bonds is 10. The van der Waals surface area contributed by atoms with Crippen LogP contribution in [0.4, 0.5) is 0 Å². The van der Waals surface area contributed by atoms with E-state index in [0.29, 0.717) is 25.0 Å². The van der Waals surface area contributed by atoms with Gasteiger partial charge in [0.1, 0.15) is 36.0 Å². The standard InChI is InChI=1S/C33H53N5O6/c1-18(2)14-24-29(39)35-26(16-20(5)6)32(42)38-28(21(7)8)33(43)37-25(15-19(3)4)30(40)36-27(31(41)34-24)17-22-10-12-23(44-9)13-11-22/h10-13,18-21,24-28H,14-17H2,1-9H3,(H,34,41)(H,35,39)(H,36,40)(H,37,43)(H,38,42)/t24-,25-,26-,27-,28-/m0/s1. The van der Waals surface area contributed by atoms with E-state index in [4.69, 9.17) is 4.74 Å². The summed E-state index contributed by atoms with van der Waals surface area (Å²) in [6, 6.07) is 2.35. The summed E-state index contributed by atoms with van der Waals surface area (Å²) >= 11 is 0. The third-order valence-electron chi connectivity index (χ3n) is 7.50. The summed E-state index contributed by atoms with van der Waals surface area (Å²) < 4.78 is 5.25. The second-order valence-corrected chi connectivity index (χ2v) is 13.4. The number of methoxy groups -OCH3 is 1. The summed E-state index contributed by atoms with van der Waals surface area (Å²) in [6.07, 6.45) is 1.12. The molecular weight excluding hydrogens is 562 g/mol. The van der Waals surface area contributed by atoms with Crippen molar-refractivity contribution in [1.82, 2.24) is 26.6 Å². The number of carbonyl (C=O) groups is 5. The molecule has 5 amide bonds. The zero-order chi connectivity index (χ0) is 33.1. The van der Waals surface area contributed by atoms with E-state index in [1.54, 1.807) is 45.2 Å². The molecule has 2 rings (SSSR count). The molecule has 0 unspecified atom stereocenters. The van der Waals surface area contributed by atoms with Crippen LogP contribution in [0.15, 0.2) is 24.3 Å². The lowest BCUT2D eigenvalue weighted by molar-refractivity contribution is -0.135. The number of ether oxygens (including phenoxy) is 1. The lowest BCUT2D eigenvalue weighted by atomic mass is 9.98. The van der Waals surface area contributed by atoms with E-state index in [1.165, 1.54) is 0 Å². The molecule has 1 aromatic rings. The van der Waals surface area contributed by atoms with E-state index in [1.807, 2.05) is 41.5 Å². The molecule has 0 saturated carbocycles. The topological polar surface area (TPSA) is 155 Å².